The highest BCUT2D eigenvalue weighted by Crippen LogP contribution is 1.98. The van der Waals surface area contributed by atoms with Crippen LogP contribution in [-0.4, -0.2) is 36.3 Å². The van der Waals surface area contributed by atoms with Gasteiger partial charge in [-0.05, 0) is 6.92 Å². The van der Waals surface area contributed by atoms with E-state index in [-0.39, 0.29) is 6.54 Å². The third kappa shape index (κ3) is 3.29. The van der Waals surface area contributed by atoms with Crippen LogP contribution in [0, 0.1) is 0 Å². The molecule has 0 aliphatic rings. The monoisotopic (exact) mass is 246 g/mol. The van der Waals surface area contributed by atoms with Crippen LogP contribution in [0.1, 0.15) is 12.7 Å². The molecule has 0 fully saturated rings. The SMILES string of the molecule is CC(CN)S(=O)(=O)NCCc1nccn1C. The first-order valence-corrected chi connectivity index (χ1v) is 6.66. The number of aromatic nitrogens is 2. The van der Waals surface area contributed by atoms with Crippen molar-refractivity contribution in [2.24, 2.45) is 12.8 Å². The molecule has 0 radical (unpaired) electrons. The molecule has 3 N–H and O–H groups in total. The van der Waals surface area contributed by atoms with Crippen molar-refractivity contribution >= 4 is 10.0 Å². The van der Waals surface area contributed by atoms with Gasteiger partial charge in [0.15, 0.2) is 0 Å². The number of nitrogens with zero attached hydrogens (tertiary/aromatic N) is 2. The lowest BCUT2D eigenvalue weighted by molar-refractivity contribution is 0.567. The summed E-state index contributed by atoms with van der Waals surface area (Å²) in [5, 5.41) is -0.561. The van der Waals surface area contributed by atoms with Crippen molar-refractivity contribution in [2.45, 2.75) is 18.6 Å². The van der Waals surface area contributed by atoms with Crippen molar-refractivity contribution in [3.05, 3.63) is 18.2 Å². The maximum Gasteiger partial charge on any atom is 0.215 e. The molecule has 1 aromatic rings. The number of rotatable bonds is 6. The number of hydrogen-bond donors (Lipinski definition) is 2. The quantitative estimate of drug-likeness (QED) is 0.689. The number of nitrogens with two attached hydrogens (primary N) is 1. The highest BCUT2D eigenvalue weighted by atomic mass is 32.2. The predicted octanol–water partition coefficient (Wildman–Crippen LogP) is -0.771. The molecule has 1 aromatic heterocycles. The van der Waals surface area contributed by atoms with Crippen molar-refractivity contribution in [1.29, 1.82) is 0 Å². The Morgan fingerprint density at radius 1 is 1.62 bits per heavy atom. The third-order valence-corrected chi connectivity index (χ3v) is 4.29. The van der Waals surface area contributed by atoms with E-state index in [1.165, 1.54) is 0 Å². The fourth-order valence-electron chi connectivity index (χ4n) is 1.21. The maximum absolute atomic E-state index is 11.6. The second-order valence-corrected chi connectivity index (χ2v) is 5.87. The average Bonchev–Trinajstić information content (AvgIpc) is 2.63. The van der Waals surface area contributed by atoms with Crippen LogP contribution in [0.15, 0.2) is 12.4 Å². The summed E-state index contributed by atoms with van der Waals surface area (Å²) in [5.74, 6) is 0.850. The van der Waals surface area contributed by atoms with Gasteiger partial charge in [0.05, 0.1) is 5.25 Å². The van der Waals surface area contributed by atoms with E-state index in [4.69, 9.17) is 5.73 Å². The molecule has 0 amide bonds. The molecule has 1 rings (SSSR count). The molecule has 7 heteroatoms. The fraction of sp³-hybridized carbons (Fsp3) is 0.667. The van der Waals surface area contributed by atoms with E-state index in [2.05, 4.69) is 9.71 Å². The first kappa shape index (κ1) is 13.1. The van der Waals surface area contributed by atoms with Crippen molar-refractivity contribution in [3.63, 3.8) is 0 Å². The summed E-state index contributed by atoms with van der Waals surface area (Å²) in [6, 6.07) is 0. The summed E-state index contributed by atoms with van der Waals surface area (Å²) >= 11 is 0. The van der Waals surface area contributed by atoms with Gasteiger partial charge in [0.2, 0.25) is 10.0 Å². The summed E-state index contributed by atoms with van der Waals surface area (Å²) in [7, 11) is -1.41. The van der Waals surface area contributed by atoms with Crippen molar-refractivity contribution in [1.82, 2.24) is 14.3 Å². The molecule has 1 unspecified atom stereocenters. The molecule has 0 spiro atoms. The number of nitrogens with one attached hydrogen (secondary N) is 1. The lowest BCUT2D eigenvalue weighted by Crippen LogP contribution is -2.38. The van der Waals surface area contributed by atoms with E-state index in [9.17, 15) is 8.42 Å². The zero-order chi connectivity index (χ0) is 12.2. The number of hydrogen-bond acceptors (Lipinski definition) is 4. The summed E-state index contributed by atoms with van der Waals surface area (Å²) in [6.45, 7) is 2.05. The van der Waals surface area contributed by atoms with E-state index >= 15 is 0 Å². The molecule has 0 aliphatic carbocycles. The Morgan fingerprint density at radius 2 is 2.31 bits per heavy atom. The summed E-state index contributed by atoms with van der Waals surface area (Å²) in [6.07, 6.45) is 4.08. The Morgan fingerprint density at radius 3 is 2.81 bits per heavy atom. The predicted molar refractivity (Wildman–Crippen MR) is 62.4 cm³/mol. The summed E-state index contributed by atoms with van der Waals surface area (Å²) in [4.78, 5) is 4.10. The van der Waals surface area contributed by atoms with E-state index in [1.54, 1.807) is 13.1 Å². The maximum atomic E-state index is 11.6. The minimum absolute atomic E-state index is 0.123. The lowest BCUT2D eigenvalue weighted by atomic mass is 10.4. The van der Waals surface area contributed by atoms with Crippen molar-refractivity contribution in [2.75, 3.05) is 13.1 Å². The molecular formula is C9H18N4O2S. The lowest BCUT2D eigenvalue weighted by Gasteiger charge is -2.11. The normalized spacial score (nSPS) is 13.9. The number of aryl methyl sites for hydroxylation is 1. The smallest absolute Gasteiger partial charge is 0.215 e. The first-order valence-electron chi connectivity index (χ1n) is 5.12. The van der Waals surface area contributed by atoms with Crippen LogP contribution in [0.5, 0.6) is 0 Å². The van der Waals surface area contributed by atoms with Crippen LogP contribution in [0.25, 0.3) is 0 Å². The molecule has 0 saturated carbocycles. The molecule has 0 bridgehead atoms. The second kappa shape index (κ2) is 5.42. The molecule has 0 aliphatic heterocycles. The van der Waals surface area contributed by atoms with Crippen LogP contribution < -0.4 is 10.5 Å². The Labute approximate surface area is 95.9 Å². The van der Waals surface area contributed by atoms with Gasteiger partial charge >= 0.3 is 0 Å². The van der Waals surface area contributed by atoms with Crippen LogP contribution >= 0.6 is 0 Å². The largest absolute Gasteiger partial charge is 0.338 e. The van der Waals surface area contributed by atoms with E-state index < -0.39 is 15.3 Å². The Hall–Kier alpha value is -0.920. The highest BCUT2D eigenvalue weighted by molar-refractivity contribution is 7.90. The minimum Gasteiger partial charge on any atom is -0.338 e. The molecule has 16 heavy (non-hydrogen) atoms. The van der Waals surface area contributed by atoms with Gasteiger partial charge in [0.1, 0.15) is 5.82 Å². The minimum atomic E-state index is -3.29. The van der Waals surface area contributed by atoms with E-state index in [0.717, 1.165) is 5.82 Å². The second-order valence-electron chi connectivity index (χ2n) is 3.69. The van der Waals surface area contributed by atoms with Crippen LogP contribution in [0.2, 0.25) is 0 Å². The van der Waals surface area contributed by atoms with Crippen LogP contribution in [-0.2, 0) is 23.5 Å². The molecule has 92 valence electrons. The Kier molecular flexibility index (Phi) is 4.45. The topological polar surface area (TPSA) is 90.0 Å². The Balaban J connectivity index is 2.45. The van der Waals surface area contributed by atoms with E-state index in [1.807, 2.05) is 17.8 Å². The van der Waals surface area contributed by atoms with Crippen LogP contribution in [0.3, 0.4) is 0 Å². The van der Waals surface area contributed by atoms with Gasteiger partial charge in [-0.2, -0.15) is 0 Å². The van der Waals surface area contributed by atoms with Gasteiger partial charge in [-0.1, -0.05) is 0 Å². The van der Waals surface area contributed by atoms with Gasteiger partial charge in [0.25, 0.3) is 0 Å². The number of sulfonamides is 1. The van der Waals surface area contributed by atoms with Gasteiger partial charge in [0, 0.05) is 39.0 Å². The van der Waals surface area contributed by atoms with Crippen molar-refractivity contribution < 1.29 is 8.42 Å². The molecule has 6 nitrogen and oxygen atoms in total. The fourth-order valence-corrected chi connectivity index (χ4v) is 2.14. The van der Waals surface area contributed by atoms with Crippen LogP contribution in [0.4, 0.5) is 0 Å². The zero-order valence-corrected chi connectivity index (χ0v) is 10.4. The molecule has 1 atom stereocenters. The van der Waals surface area contributed by atoms with E-state index in [0.29, 0.717) is 13.0 Å². The summed E-state index contributed by atoms with van der Waals surface area (Å²) < 4.78 is 27.5. The molecular weight excluding hydrogens is 228 g/mol. The molecule has 0 saturated heterocycles. The number of imidazole rings is 1. The molecule has 1 heterocycles. The standard InChI is InChI=1S/C9H18N4O2S/c1-8(7-10)16(14,15)12-4-3-9-11-5-6-13(9)2/h5-6,8,12H,3-4,7,10H2,1-2H3. The zero-order valence-electron chi connectivity index (χ0n) is 9.55. The highest BCUT2D eigenvalue weighted by Gasteiger charge is 2.18. The molecule has 0 aromatic carbocycles. The van der Waals surface area contributed by atoms with Gasteiger partial charge in [-0.3, -0.25) is 0 Å². The van der Waals surface area contributed by atoms with Crippen molar-refractivity contribution in [3.8, 4) is 0 Å². The summed E-state index contributed by atoms with van der Waals surface area (Å²) in [5.41, 5.74) is 5.31. The van der Waals surface area contributed by atoms with Gasteiger partial charge in [-0.25, -0.2) is 18.1 Å². The van der Waals surface area contributed by atoms with Gasteiger partial charge < -0.3 is 10.3 Å². The Bertz CT molecular complexity index is 426. The first-order chi connectivity index (χ1) is 7.47. The average molecular weight is 246 g/mol. The third-order valence-electron chi connectivity index (χ3n) is 2.43. The van der Waals surface area contributed by atoms with Gasteiger partial charge in [-0.15, -0.1) is 0 Å².